The normalized spacial score (nSPS) is 16.6. The first-order valence-electron chi connectivity index (χ1n) is 9.78. The van der Waals surface area contributed by atoms with E-state index in [0.29, 0.717) is 48.2 Å². The van der Waals surface area contributed by atoms with E-state index in [1.807, 2.05) is 12.1 Å². The number of hydrogen-bond donors (Lipinski definition) is 0. The number of benzene rings is 2. The third-order valence-electron chi connectivity index (χ3n) is 5.32. The Hall–Kier alpha value is -2.24. The zero-order chi connectivity index (χ0) is 20.4. The van der Waals surface area contributed by atoms with Gasteiger partial charge in [-0.05, 0) is 55.2 Å². The lowest BCUT2D eigenvalue weighted by Gasteiger charge is -2.35. The number of hydrogen-bond acceptors (Lipinski definition) is 3. The van der Waals surface area contributed by atoms with Crippen molar-refractivity contribution in [2.45, 2.75) is 12.8 Å². The molecule has 29 heavy (non-hydrogen) atoms. The summed E-state index contributed by atoms with van der Waals surface area (Å²) in [5, 5.41) is 0.623. The Morgan fingerprint density at radius 3 is 2.14 bits per heavy atom. The molecule has 2 amide bonds. The molecule has 2 fully saturated rings. The van der Waals surface area contributed by atoms with E-state index in [1.54, 1.807) is 40.1 Å². The second-order valence-corrected chi connectivity index (χ2v) is 8.25. The molecule has 2 aromatic carbocycles. The van der Waals surface area contributed by atoms with Crippen LogP contribution in [0.2, 0.25) is 10.0 Å². The van der Waals surface area contributed by atoms with Crippen molar-refractivity contribution in [3.05, 3.63) is 63.6 Å². The van der Waals surface area contributed by atoms with Crippen LogP contribution < -0.4 is 4.74 Å². The molecule has 0 radical (unpaired) electrons. The fraction of sp³-hybridized carbons (Fsp3) is 0.364. The molecule has 7 heteroatoms. The van der Waals surface area contributed by atoms with Gasteiger partial charge >= 0.3 is 0 Å². The van der Waals surface area contributed by atoms with E-state index in [9.17, 15) is 9.59 Å². The molecule has 0 bridgehead atoms. The number of carbonyl (C=O) groups excluding carboxylic acids is 2. The van der Waals surface area contributed by atoms with Crippen LogP contribution in [-0.4, -0.2) is 54.4 Å². The minimum atomic E-state index is -0.165. The second kappa shape index (κ2) is 8.64. The first kappa shape index (κ1) is 20.0. The Kier molecular flexibility index (Phi) is 5.97. The van der Waals surface area contributed by atoms with Crippen molar-refractivity contribution in [2.24, 2.45) is 5.92 Å². The second-order valence-electron chi connectivity index (χ2n) is 7.46. The maximum atomic E-state index is 12.8. The van der Waals surface area contributed by atoms with Crippen molar-refractivity contribution < 1.29 is 14.3 Å². The van der Waals surface area contributed by atoms with Crippen molar-refractivity contribution in [2.75, 3.05) is 32.8 Å². The SMILES string of the molecule is O=C(c1ccc(OCC2CC2)cc1)N1CCN(C(=O)c2cccc(Cl)c2Cl)CC1. The first-order valence-corrected chi connectivity index (χ1v) is 10.5. The molecule has 152 valence electrons. The summed E-state index contributed by atoms with van der Waals surface area (Å²) < 4.78 is 5.72. The van der Waals surface area contributed by atoms with E-state index < -0.39 is 0 Å². The molecule has 0 atom stereocenters. The molecule has 0 aromatic heterocycles. The molecule has 1 saturated carbocycles. The molecule has 1 saturated heterocycles. The van der Waals surface area contributed by atoms with Crippen LogP contribution >= 0.6 is 23.2 Å². The molecule has 0 unspecified atom stereocenters. The van der Waals surface area contributed by atoms with E-state index in [4.69, 9.17) is 27.9 Å². The number of carbonyl (C=O) groups is 2. The summed E-state index contributed by atoms with van der Waals surface area (Å²) in [5.74, 6) is 1.28. The van der Waals surface area contributed by atoms with Crippen molar-refractivity contribution >= 4 is 35.0 Å². The van der Waals surface area contributed by atoms with Gasteiger partial charge in [-0.15, -0.1) is 0 Å². The highest BCUT2D eigenvalue weighted by Gasteiger charge is 2.27. The van der Waals surface area contributed by atoms with Crippen molar-refractivity contribution in [3.63, 3.8) is 0 Å². The maximum absolute atomic E-state index is 12.8. The predicted molar refractivity (Wildman–Crippen MR) is 113 cm³/mol. The minimum absolute atomic E-state index is 0.0355. The van der Waals surface area contributed by atoms with Gasteiger partial charge in [0.2, 0.25) is 0 Å². The number of ether oxygens (including phenoxy) is 1. The van der Waals surface area contributed by atoms with Crippen molar-refractivity contribution in [3.8, 4) is 5.75 Å². The molecular formula is C22H22Cl2N2O3. The van der Waals surface area contributed by atoms with E-state index in [1.165, 1.54) is 12.8 Å². The molecule has 2 aliphatic rings. The van der Waals surface area contributed by atoms with Gasteiger partial charge in [-0.3, -0.25) is 9.59 Å². The van der Waals surface area contributed by atoms with Gasteiger partial charge in [-0.25, -0.2) is 0 Å². The molecule has 1 aliphatic heterocycles. The Bertz CT molecular complexity index is 905. The highest BCUT2D eigenvalue weighted by molar-refractivity contribution is 6.43. The summed E-state index contributed by atoms with van der Waals surface area (Å²) in [6.07, 6.45) is 2.49. The van der Waals surface area contributed by atoms with E-state index >= 15 is 0 Å². The monoisotopic (exact) mass is 432 g/mol. The smallest absolute Gasteiger partial charge is 0.255 e. The van der Waals surface area contributed by atoms with Gasteiger partial charge in [0.05, 0.1) is 22.2 Å². The Morgan fingerprint density at radius 2 is 1.52 bits per heavy atom. The topological polar surface area (TPSA) is 49.9 Å². The van der Waals surface area contributed by atoms with Gasteiger partial charge in [-0.2, -0.15) is 0 Å². The summed E-state index contributed by atoms with van der Waals surface area (Å²) in [4.78, 5) is 29.0. The lowest BCUT2D eigenvalue weighted by atomic mass is 10.1. The van der Waals surface area contributed by atoms with Crippen molar-refractivity contribution in [1.82, 2.24) is 9.80 Å². The quantitative estimate of drug-likeness (QED) is 0.703. The fourth-order valence-corrected chi connectivity index (χ4v) is 3.71. The van der Waals surface area contributed by atoms with Gasteiger partial charge in [0.25, 0.3) is 11.8 Å². The van der Waals surface area contributed by atoms with Crippen LogP contribution in [-0.2, 0) is 0 Å². The number of rotatable bonds is 5. The summed E-state index contributed by atoms with van der Waals surface area (Å²) in [6, 6.07) is 12.3. The molecule has 5 nitrogen and oxygen atoms in total. The van der Waals surface area contributed by atoms with Crippen LogP contribution in [0.1, 0.15) is 33.6 Å². The number of piperazine rings is 1. The van der Waals surface area contributed by atoms with E-state index in [2.05, 4.69) is 0 Å². The van der Waals surface area contributed by atoms with Gasteiger partial charge < -0.3 is 14.5 Å². The number of halogens is 2. The highest BCUT2D eigenvalue weighted by Crippen LogP contribution is 2.30. The standard InChI is InChI=1S/C22H22Cl2N2O3/c23-19-3-1-2-18(20(19)24)22(28)26-12-10-25(11-13-26)21(27)16-6-8-17(9-7-16)29-14-15-4-5-15/h1-3,6-9,15H,4-5,10-14H2. The van der Waals surface area contributed by atoms with Gasteiger partial charge in [0.1, 0.15) is 5.75 Å². The summed E-state index contributed by atoms with van der Waals surface area (Å²) >= 11 is 12.2. The minimum Gasteiger partial charge on any atom is -0.493 e. The Morgan fingerprint density at radius 1 is 0.897 bits per heavy atom. The molecule has 4 rings (SSSR count). The molecule has 2 aromatic rings. The zero-order valence-corrected chi connectivity index (χ0v) is 17.5. The van der Waals surface area contributed by atoms with Crippen LogP contribution in [0.3, 0.4) is 0 Å². The van der Waals surface area contributed by atoms with Crippen LogP contribution in [0.25, 0.3) is 0 Å². The summed E-state index contributed by atoms with van der Waals surface area (Å²) in [7, 11) is 0. The van der Waals surface area contributed by atoms with Crippen molar-refractivity contribution in [1.29, 1.82) is 0 Å². The van der Waals surface area contributed by atoms with Gasteiger partial charge in [0, 0.05) is 31.7 Å². The van der Waals surface area contributed by atoms with E-state index in [0.717, 1.165) is 12.4 Å². The first-order chi connectivity index (χ1) is 14.0. The Labute approximate surface area is 180 Å². The predicted octanol–water partition coefficient (Wildman–Crippen LogP) is 4.38. The maximum Gasteiger partial charge on any atom is 0.255 e. The summed E-state index contributed by atoms with van der Waals surface area (Å²) in [5.41, 5.74) is 1.02. The lowest BCUT2D eigenvalue weighted by molar-refractivity contribution is 0.0535. The van der Waals surface area contributed by atoms with Crippen LogP contribution in [0.15, 0.2) is 42.5 Å². The molecule has 1 aliphatic carbocycles. The zero-order valence-electron chi connectivity index (χ0n) is 15.9. The molecular weight excluding hydrogens is 411 g/mol. The third kappa shape index (κ3) is 4.68. The lowest BCUT2D eigenvalue weighted by Crippen LogP contribution is -2.50. The summed E-state index contributed by atoms with van der Waals surface area (Å²) in [6.45, 7) is 2.61. The third-order valence-corrected chi connectivity index (χ3v) is 6.14. The number of nitrogens with zero attached hydrogens (tertiary/aromatic N) is 2. The number of amides is 2. The Balaban J connectivity index is 1.33. The largest absolute Gasteiger partial charge is 0.493 e. The molecule has 1 heterocycles. The fourth-order valence-electron chi connectivity index (χ4n) is 3.33. The van der Waals surface area contributed by atoms with Crippen LogP contribution in [0.4, 0.5) is 0 Å². The van der Waals surface area contributed by atoms with E-state index in [-0.39, 0.29) is 16.8 Å². The average molecular weight is 433 g/mol. The average Bonchev–Trinajstić information content (AvgIpc) is 3.58. The highest BCUT2D eigenvalue weighted by atomic mass is 35.5. The van der Waals surface area contributed by atoms with Gasteiger partial charge in [-0.1, -0.05) is 29.3 Å². The van der Waals surface area contributed by atoms with Crippen LogP contribution in [0.5, 0.6) is 5.75 Å². The van der Waals surface area contributed by atoms with Crippen LogP contribution in [0, 0.1) is 5.92 Å². The molecule has 0 spiro atoms. The van der Waals surface area contributed by atoms with Gasteiger partial charge in [0.15, 0.2) is 0 Å². The molecule has 0 N–H and O–H groups in total.